The normalized spacial score (nSPS) is 17.9. The molecule has 1 aromatic carbocycles. The summed E-state index contributed by atoms with van der Waals surface area (Å²) >= 11 is 0. The van der Waals surface area contributed by atoms with Crippen LogP contribution in [0.4, 0.5) is 0 Å². The smallest absolute Gasteiger partial charge is 0.170 e. The zero-order valence-corrected chi connectivity index (χ0v) is 11.8. The summed E-state index contributed by atoms with van der Waals surface area (Å²) in [5, 5.41) is 18.1. The van der Waals surface area contributed by atoms with Crippen LogP contribution in [0.2, 0.25) is 0 Å². The topological polar surface area (TPSA) is 60.2 Å². The first-order valence-electron chi connectivity index (χ1n) is 6.93. The quantitative estimate of drug-likeness (QED) is 0.930. The van der Waals surface area contributed by atoms with Crippen molar-refractivity contribution in [3.05, 3.63) is 41.0 Å². The highest BCUT2D eigenvalue weighted by atomic mass is 16.5. The first-order valence-corrected chi connectivity index (χ1v) is 6.93. The summed E-state index contributed by atoms with van der Waals surface area (Å²) in [6, 6.07) is 5.96. The van der Waals surface area contributed by atoms with Crippen LogP contribution in [-0.4, -0.2) is 19.9 Å². The van der Waals surface area contributed by atoms with E-state index in [1.54, 1.807) is 0 Å². The Balaban J connectivity index is 1.75. The predicted octanol–water partition coefficient (Wildman–Crippen LogP) is 2.07. The SMILES string of the molecule is Cc1nnc(COc2ccc3c(c2)[C@@H](O)CCC3)n1C. The van der Waals surface area contributed by atoms with Gasteiger partial charge in [-0.1, -0.05) is 6.07 Å². The van der Waals surface area contributed by atoms with E-state index in [0.717, 1.165) is 42.2 Å². The highest BCUT2D eigenvalue weighted by Crippen LogP contribution is 2.32. The number of hydrogen-bond donors (Lipinski definition) is 1. The molecule has 0 fully saturated rings. The van der Waals surface area contributed by atoms with E-state index in [-0.39, 0.29) is 6.10 Å². The van der Waals surface area contributed by atoms with Gasteiger partial charge in [0, 0.05) is 7.05 Å². The van der Waals surface area contributed by atoms with Crippen molar-refractivity contribution >= 4 is 0 Å². The van der Waals surface area contributed by atoms with Crippen LogP contribution in [0.15, 0.2) is 18.2 Å². The van der Waals surface area contributed by atoms with Crippen molar-refractivity contribution in [1.29, 1.82) is 0 Å². The van der Waals surface area contributed by atoms with Gasteiger partial charge in [0.1, 0.15) is 18.2 Å². The van der Waals surface area contributed by atoms with Gasteiger partial charge in [0.15, 0.2) is 5.82 Å². The van der Waals surface area contributed by atoms with Gasteiger partial charge in [-0.3, -0.25) is 0 Å². The Kier molecular flexibility index (Phi) is 3.44. The van der Waals surface area contributed by atoms with E-state index in [1.807, 2.05) is 30.7 Å². The standard InChI is InChI=1S/C15H19N3O2/c1-10-16-17-15(18(10)2)9-20-12-7-6-11-4-3-5-14(19)13(11)8-12/h6-8,14,19H,3-5,9H2,1-2H3/t14-/m0/s1. The molecule has 1 aromatic heterocycles. The fourth-order valence-electron chi connectivity index (χ4n) is 2.57. The molecule has 0 saturated carbocycles. The van der Waals surface area contributed by atoms with Gasteiger partial charge in [-0.05, 0) is 49.4 Å². The Labute approximate surface area is 118 Å². The van der Waals surface area contributed by atoms with Gasteiger partial charge in [0.2, 0.25) is 0 Å². The lowest BCUT2D eigenvalue weighted by molar-refractivity contribution is 0.156. The number of ether oxygens (including phenoxy) is 1. The second kappa shape index (κ2) is 5.25. The van der Waals surface area contributed by atoms with Crippen LogP contribution in [0.25, 0.3) is 0 Å². The zero-order chi connectivity index (χ0) is 14.1. The Morgan fingerprint density at radius 1 is 1.40 bits per heavy atom. The molecule has 0 unspecified atom stereocenters. The van der Waals surface area contributed by atoms with Gasteiger partial charge in [0.25, 0.3) is 0 Å². The number of aromatic nitrogens is 3. The fraction of sp³-hybridized carbons (Fsp3) is 0.467. The van der Waals surface area contributed by atoms with Crippen molar-refractivity contribution in [2.24, 2.45) is 7.05 Å². The Morgan fingerprint density at radius 2 is 2.25 bits per heavy atom. The fourth-order valence-corrected chi connectivity index (χ4v) is 2.57. The van der Waals surface area contributed by atoms with E-state index in [0.29, 0.717) is 6.61 Å². The van der Waals surface area contributed by atoms with Crippen LogP contribution < -0.4 is 4.74 Å². The summed E-state index contributed by atoms with van der Waals surface area (Å²) in [5.74, 6) is 2.43. The summed E-state index contributed by atoms with van der Waals surface area (Å²) in [4.78, 5) is 0. The maximum atomic E-state index is 10.0. The maximum absolute atomic E-state index is 10.0. The van der Waals surface area contributed by atoms with Crippen LogP contribution in [-0.2, 0) is 20.1 Å². The van der Waals surface area contributed by atoms with E-state index in [4.69, 9.17) is 4.74 Å². The van der Waals surface area contributed by atoms with Crippen molar-refractivity contribution < 1.29 is 9.84 Å². The average molecular weight is 273 g/mol. The number of hydrogen-bond acceptors (Lipinski definition) is 4. The van der Waals surface area contributed by atoms with E-state index in [1.165, 1.54) is 5.56 Å². The number of benzene rings is 1. The monoisotopic (exact) mass is 273 g/mol. The molecule has 1 heterocycles. The minimum atomic E-state index is -0.362. The van der Waals surface area contributed by atoms with Gasteiger partial charge in [-0.25, -0.2) is 0 Å². The number of aliphatic hydroxyl groups excluding tert-OH is 1. The Hall–Kier alpha value is -1.88. The number of aryl methyl sites for hydroxylation is 2. The molecule has 1 aliphatic carbocycles. The molecule has 5 heteroatoms. The van der Waals surface area contributed by atoms with Crippen LogP contribution in [0.3, 0.4) is 0 Å². The zero-order valence-electron chi connectivity index (χ0n) is 11.8. The Morgan fingerprint density at radius 3 is 3.00 bits per heavy atom. The highest BCUT2D eigenvalue weighted by Gasteiger charge is 2.18. The van der Waals surface area contributed by atoms with Gasteiger partial charge in [0.05, 0.1) is 6.10 Å². The van der Waals surface area contributed by atoms with Gasteiger partial charge >= 0.3 is 0 Å². The lowest BCUT2D eigenvalue weighted by Gasteiger charge is -2.21. The molecular weight excluding hydrogens is 254 g/mol. The number of aliphatic hydroxyl groups is 1. The molecule has 1 N–H and O–H groups in total. The molecule has 0 bridgehead atoms. The molecule has 0 radical (unpaired) electrons. The molecule has 5 nitrogen and oxygen atoms in total. The minimum Gasteiger partial charge on any atom is -0.486 e. The van der Waals surface area contributed by atoms with Crippen molar-refractivity contribution in [2.45, 2.75) is 38.9 Å². The van der Waals surface area contributed by atoms with Gasteiger partial charge in [-0.15, -0.1) is 10.2 Å². The molecule has 20 heavy (non-hydrogen) atoms. The first-order chi connectivity index (χ1) is 9.65. The molecular formula is C15H19N3O2. The van der Waals surface area contributed by atoms with Crippen LogP contribution in [0, 0.1) is 6.92 Å². The van der Waals surface area contributed by atoms with E-state index in [2.05, 4.69) is 16.3 Å². The minimum absolute atomic E-state index is 0.362. The van der Waals surface area contributed by atoms with Crippen molar-refractivity contribution in [3.63, 3.8) is 0 Å². The molecule has 3 rings (SSSR count). The van der Waals surface area contributed by atoms with Crippen molar-refractivity contribution in [2.75, 3.05) is 0 Å². The third-order valence-corrected chi connectivity index (χ3v) is 3.95. The molecule has 1 atom stereocenters. The van der Waals surface area contributed by atoms with Crippen molar-refractivity contribution in [1.82, 2.24) is 14.8 Å². The predicted molar refractivity (Wildman–Crippen MR) is 74.4 cm³/mol. The molecule has 2 aromatic rings. The van der Waals surface area contributed by atoms with Crippen LogP contribution in [0.5, 0.6) is 5.75 Å². The van der Waals surface area contributed by atoms with Crippen LogP contribution in [0.1, 0.15) is 41.7 Å². The summed E-state index contributed by atoms with van der Waals surface area (Å²) in [6.07, 6.45) is 2.56. The van der Waals surface area contributed by atoms with Crippen LogP contribution >= 0.6 is 0 Å². The summed E-state index contributed by atoms with van der Waals surface area (Å²) in [7, 11) is 1.92. The maximum Gasteiger partial charge on any atom is 0.170 e. The van der Waals surface area contributed by atoms with Gasteiger partial charge < -0.3 is 14.4 Å². The molecule has 0 spiro atoms. The number of fused-ring (bicyclic) bond motifs is 1. The number of nitrogens with zero attached hydrogens (tertiary/aromatic N) is 3. The lowest BCUT2D eigenvalue weighted by atomic mass is 9.89. The second-order valence-corrected chi connectivity index (χ2v) is 5.28. The largest absolute Gasteiger partial charge is 0.486 e. The third-order valence-electron chi connectivity index (χ3n) is 3.95. The molecule has 1 aliphatic rings. The van der Waals surface area contributed by atoms with Crippen molar-refractivity contribution in [3.8, 4) is 5.75 Å². The third kappa shape index (κ3) is 2.41. The summed E-state index contributed by atoms with van der Waals surface area (Å²) in [5.41, 5.74) is 2.23. The van der Waals surface area contributed by atoms with E-state index >= 15 is 0 Å². The number of rotatable bonds is 3. The van der Waals surface area contributed by atoms with E-state index in [9.17, 15) is 5.11 Å². The molecule has 0 saturated heterocycles. The molecule has 0 amide bonds. The van der Waals surface area contributed by atoms with E-state index < -0.39 is 0 Å². The Bertz CT molecular complexity index is 622. The molecule has 106 valence electrons. The van der Waals surface area contributed by atoms with Gasteiger partial charge in [-0.2, -0.15) is 0 Å². The molecule has 0 aliphatic heterocycles. The summed E-state index contributed by atoms with van der Waals surface area (Å²) in [6.45, 7) is 2.29. The average Bonchev–Trinajstić information content (AvgIpc) is 2.77. The second-order valence-electron chi connectivity index (χ2n) is 5.28. The highest BCUT2D eigenvalue weighted by molar-refractivity contribution is 5.38. The lowest BCUT2D eigenvalue weighted by Crippen LogP contribution is -2.10. The summed E-state index contributed by atoms with van der Waals surface area (Å²) < 4.78 is 7.68. The first kappa shape index (κ1) is 13.1.